The molecule has 0 unspecified atom stereocenters. The Morgan fingerprint density at radius 1 is 1.09 bits per heavy atom. The van der Waals surface area contributed by atoms with Gasteiger partial charge in [-0.2, -0.15) is 5.10 Å². The molecule has 0 radical (unpaired) electrons. The van der Waals surface area contributed by atoms with E-state index in [2.05, 4.69) is 22.7 Å². The molecule has 0 bridgehead atoms. The summed E-state index contributed by atoms with van der Waals surface area (Å²) in [5, 5.41) is 4.16. The minimum absolute atomic E-state index is 0.00585. The van der Waals surface area contributed by atoms with Crippen molar-refractivity contribution in [1.29, 1.82) is 0 Å². The topological polar surface area (TPSA) is 41.5 Å². The maximum absolute atomic E-state index is 12.1. The van der Waals surface area contributed by atoms with Crippen LogP contribution in [0.4, 0.5) is 0 Å². The number of allylic oxidation sites excluding steroid dienone is 1. The van der Waals surface area contributed by atoms with Crippen molar-refractivity contribution in [2.24, 2.45) is 11.0 Å². The molecule has 0 spiro atoms. The maximum atomic E-state index is 12.1. The molecule has 3 rings (SSSR count). The van der Waals surface area contributed by atoms with Crippen molar-refractivity contribution in [3.8, 4) is 0 Å². The van der Waals surface area contributed by atoms with E-state index in [1.807, 2.05) is 67.6 Å². The van der Waals surface area contributed by atoms with Gasteiger partial charge in [0.05, 0.1) is 5.71 Å². The Hall–Kier alpha value is -2.68. The van der Waals surface area contributed by atoms with E-state index in [-0.39, 0.29) is 11.8 Å². The van der Waals surface area contributed by atoms with Crippen molar-refractivity contribution < 1.29 is 4.79 Å². The number of benzene rings is 2. The van der Waals surface area contributed by atoms with Crippen molar-refractivity contribution in [1.82, 2.24) is 5.43 Å². The molecule has 0 aliphatic heterocycles. The lowest BCUT2D eigenvalue weighted by atomic mass is 10.1. The number of rotatable bonds is 5. The van der Waals surface area contributed by atoms with Gasteiger partial charge in [0.15, 0.2) is 0 Å². The fraction of sp³-hybridized carbons (Fsp3) is 0.200. The third-order valence-electron chi connectivity index (χ3n) is 4.01. The molecule has 1 N–H and O–H groups in total. The van der Waals surface area contributed by atoms with Crippen LogP contribution < -0.4 is 5.43 Å². The largest absolute Gasteiger partial charge is 0.273 e. The van der Waals surface area contributed by atoms with E-state index in [1.165, 1.54) is 5.56 Å². The molecular weight excluding hydrogens is 284 g/mol. The van der Waals surface area contributed by atoms with Crippen LogP contribution in [0.1, 0.15) is 30.4 Å². The average Bonchev–Trinajstić information content (AvgIpc) is 3.40. The van der Waals surface area contributed by atoms with Crippen LogP contribution in [0.25, 0.3) is 6.08 Å². The van der Waals surface area contributed by atoms with Crippen LogP contribution in [0.15, 0.2) is 71.8 Å². The molecule has 2 aromatic carbocycles. The number of carbonyl (C=O) groups is 1. The summed E-state index contributed by atoms with van der Waals surface area (Å²) in [6.07, 6.45) is 4.79. The molecule has 1 saturated carbocycles. The van der Waals surface area contributed by atoms with Gasteiger partial charge in [-0.25, -0.2) is 5.43 Å². The summed E-state index contributed by atoms with van der Waals surface area (Å²) >= 11 is 0. The second-order valence-electron chi connectivity index (χ2n) is 5.83. The maximum Gasteiger partial charge on any atom is 0.243 e. The highest BCUT2D eigenvalue weighted by Crippen LogP contribution is 2.47. The third-order valence-corrected chi connectivity index (χ3v) is 4.01. The van der Waals surface area contributed by atoms with Gasteiger partial charge >= 0.3 is 0 Å². The molecule has 1 fully saturated rings. The second kappa shape index (κ2) is 7.05. The number of nitrogens with zero attached hydrogens (tertiary/aromatic N) is 1. The van der Waals surface area contributed by atoms with E-state index in [9.17, 15) is 4.79 Å². The van der Waals surface area contributed by atoms with Gasteiger partial charge in [0.1, 0.15) is 0 Å². The molecule has 0 aromatic heterocycles. The van der Waals surface area contributed by atoms with Gasteiger partial charge in [-0.3, -0.25) is 4.79 Å². The van der Waals surface area contributed by atoms with Crippen molar-refractivity contribution in [2.45, 2.75) is 19.3 Å². The van der Waals surface area contributed by atoms with Gasteiger partial charge in [0.2, 0.25) is 5.91 Å². The van der Waals surface area contributed by atoms with E-state index >= 15 is 0 Å². The van der Waals surface area contributed by atoms with Crippen LogP contribution in [0.5, 0.6) is 0 Å². The van der Waals surface area contributed by atoms with Gasteiger partial charge in [-0.05, 0) is 36.5 Å². The molecule has 2 aromatic rings. The lowest BCUT2D eigenvalue weighted by Crippen LogP contribution is -2.21. The number of hydrazone groups is 1. The Labute approximate surface area is 136 Å². The highest BCUT2D eigenvalue weighted by Gasteiger charge is 2.43. The summed E-state index contributed by atoms with van der Waals surface area (Å²) in [5.41, 5.74) is 5.80. The van der Waals surface area contributed by atoms with Crippen LogP contribution in [-0.2, 0) is 4.79 Å². The Morgan fingerprint density at radius 2 is 1.74 bits per heavy atom. The van der Waals surface area contributed by atoms with Crippen LogP contribution in [0.2, 0.25) is 0 Å². The normalized spacial score (nSPS) is 20.5. The van der Waals surface area contributed by atoms with E-state index in [0.29, 0.717) is 5.92 Å². The monoisotopic (exact) mass is 304 g/mol. The van der Waals surface area contributed by atoms with Gasteiger partial charge < -0.3 is 0 Å². The molecule has 0 heterocycles. The first-order chi connectivity index (χ1) is 11.2. The molecule has 1 aliphatic rings. The molecule has 0 saturated heterocycles. The smallest absolute Gasteiger partial charge is 0.243 e. The molecule has 3 nitrogen and oxygen atoms in total. The quantitative estimate of drug-likeness (QED) is 0.658. The first-order valence-electron chi connectivity index (χ1n) is 7.86. The van der Waals surface area contributed by atoms with Gasteiger partial charge in [-0.1, -0.05) is 66.7 Å². The lowest BCUT2D eigenvalue weighted by Gasteiger charge is -2.01. The van der Waals surface area contributed by atoms with E-state index < -0.39 is 0 Å². The SMILES string of the molecule is CC(/C=C/c1ccccc1)=NNC(=O)[C@@H]1C[C@H]1c1ccccc1. The van der Waals surface area contributed by atoms with Crippen molar-refractivity contribution in [3.05, 3.63) is 77.9 Å². The Bertz CT molecular complexity index is 720. The predicted octanol–water partition coefficient (Wildman–Crippen LogP) is 4.00. The molecule has 1 amide bonds. The zero-order valence-corrected chi connectivity index (χ0v) is 13.1. The Morgan fingerprint density at radius 3 is 2.43 bits per heavy atom. The van der Waals surface area contributed by atoms with Crippen LogP contribution in [0.3, 0.4) is 0 Å². The standard InChI is InChI=1S/C20H20N2O/c1-15(12-13-16-8-4-2-5-9-16)21-22-20(23)19-14-18(19)17-10-6-3-7-11-17/h2-13,18-19H,14H2,1H3,(H,22,23)/b13-12+,21-15?/t18-,19+/m0/s1. The first-order valence-corrected chi connectivity index (χ1v) is 7.86. The molecule has 1 aliphatic carbocycles. The van der Waals surface area contributed by atoms with Gasteiger partial charge in [-0.15, -0.1) is 0 Å². The molecule has 2 atom stereocenters. The Kier molecular flexibility index (Phi) is 4.67. The van der Waals surface area contributed by atoms with Crippen molar-refractivity contribution >= 4 is 17.7 Å². The fourth-order valence-electron chi connectivity index (χ4n) is 2.60. The van der Waals surface area contributed by atoms with Crippen LogP contribution in [0, 0.1) is 5.92 Å². The van der Waals surface area contributed by atoms with Crippen molar-refractivity contribution in [2.75, 3.05) is 0 Å². The van der Waals surface area contributed by atoms with E-state index in [4.69, 9.17) is 0 Å². The van der Waals surface area contributed by atoms with Crippen LogP contribution in [-0.4, -0.2) is 11.6 Å². The number of amides is 1. The number of nitrogens with one attached hydrogen (secondary N) is 1. The summed E-state index contributed by atoms with van der Waals surface area (Å²) in [6.45, 7) is 1.88. The predicted molar refractivity (Wildman–Crippen MR) is 94.0 cm³/mol. The highest BCUT2D eigenvalue weighted by atomic mass is 16.2. The zero-order chi connectivity index (χ0) is 16.1. The average molecular weight is 304 g/mol. The van der Waals surface area contributed by atoms with E-state index in [1.54, 1.807) is 0 Å². The summed E-state index contributed by atoms with van der Waals surface area (Å²) in [5.74, 6) is 0.393. The van der Waals surface area contributed by atoms with Gasteiger partial charge in [0, 0.05) is 5.92 Å². The fourth-order valence-corrected chi connectivity index (χ4v) is 2.60. The van der Waals surface area contributed by atoms with Crippen molar-refractivity contribution in [3.63, 3.8) is 0 Å². The van der Waals surface area contributed by atoms with Crippen LogP contribution >= 0.6 is 0 Å². The molecule has 3 heteroatoms. The number of hydrogen-bond donors (Lipinski definition) is 1. The highest BCUT2D eigenvalue weighted by molar-refractivity contribution is 5.97. The van der Waals surface area contributed by atoms with E-state index in [0.717, 1.165) is 17.7 Å². The minimum Gasteiger partial charge on any atom is -0.273 e. The summed E-state index contributed by atoms with van der Waals surface area (Å²) < 4.78 is 0. The third kappa shape index (κ3) is 4.16. The Balaban J connectivity index is 1.52. The first kappa shape index (κ1) is 15.2. The molecule has 116 valence electrons. The summed E-state index contributed by atoms with van der Waals surface area (Å²) in [4.78, 5) is 12.1. The summed E-state index contributed by atoms with van der Waals surface area (Å²) in [7, 11) is 0. The lowest BCUT2D eigenvalue weighted by molar-refractivity contribution is -0.122. The minimum atomic E-state index is 0.00585. The molecular formula is C20H20N2O. The second-order valence-corrected chi connectivity index (χ2v) is 5.83. The number of carbonyl (C=O) groups excluding carboxylic acids is 1. The summed E-state index contributed by atoms with van der Waals surface area (Å²) in [6, 6.07) is 20.2. The van der Waals surface area contributed by atoms with Gasteiger partial charge in [0.25, 0.3) is 0 Å². The zero-order valence-electron chi connectivity index (χ0n) is 13.1. The number of hydrogen-bond acceptors (Lipinski definition) is 2. The molecule has 23 heavy (non-hydrogen) atoms.